The summed E-state index contributed by atoms with van der Waals surface area (Å²) in [5.74, 6) is 4.45. The third-order valence-electron chi connectivity index (χ3n) is 18.8. The average molecular weight is 1120 g/mol. The molecule has 0 spiro atoms. The highest BCUT2D eigenvalue weighted by atomic mass is 32.1. The van der Waals surface area contributed by atoms with E-state index in [1.54, 1.807) is 25.6 Å². The van der Waals surface area contributed by atoms with E-state index < -0.39 is 8.32 Å². The van der Waals surface area contributed by atoms with Crippen molar-refractivity contribution in [2.24, 2.45) is 23.7 Å². The average Bonchev–Trinajstić information content (AvgIpc) is 4.01. The van der Waals surface area contributed by atoms with Gasteiger partial charge in [-0.2, -0.15) is 5.26 Å². The highest BCUT2D eigenvalue weighted by Crippen LogP contribution is 2.43. The minimum absolute atomic E-state index is 0.00554. The second kappa shape index (κ2) is 28.1. The van der Waals surface area contributed by atoms with Crippen LogP contribution in [0.15, 0.2) is 96.5 Å². The molecule has 0 aliphatic heterocycles. The lowest BCUT2D eigenvalue weighted by Gasteiger charge is -2.41. The summed E-state index contributed by atoms with van der Waals surface area (Å²) in [6, 6.07) is 31.6. The molecular weight excluding hydrogens is 1030 g/mol. The molecule has 2 amide bonds. The van der Waals surface area contributed by atoms with Crippen LogP contribution in [0.5, 0.6) is 11.5 Å². The third kappa shape index (κ3) is 16.0. The van der Waals surface area contributed by atoms with Crippen LogP contribution in [0.25, 0.3) is 0 Å². The maximum absolute atomic E-state index is 14.1. The van der Waals surface area contributed by atoms with Crippen molar-refractivity contribution in [3.05, 3.63) is 135 Å². The van der Waals surface area contributed by atoms with Crippen LogP contribution in [-0.2, 0) is 26.9 Å². The monoisotopic (exact) mass is 1120 g/mol. The first kappa shape index (κ1) is 60.8. The van der Waals surface area contributed by atoms with Crippen molar-refractivity contribution in [1.82, 2.24) is 4.98 Å². The maximum atomic E-state index is 14.1. The number of carbonyl (C=O) groups excluding carboxylic acids is 2. The number of aryl methyl sites for hydroxylation is 4. The number of thiazole rings is 1. The fraction of sp³-hybridized carbons (Fsp3) is 0.559. The number of nitriles is 1. The van der Waals surface area contributed by atoms with Gasteiger partial charge in [0.05, 0.1) is 37.0 Å². The molecule has 4 aliphatic rings. The SMILES string of the molecule is COc1ccc(C2CCC(CN(C(=O)C3CCC(O)CC3)c3cccc(CCc4nccs4)c3)CC2)cc1C.COc1ccc(C2CCC(CN(C(=O)C3CCC(O[Si](C)(C)C(C)(C)C)CC3)c3cccc(C#N)c3)CC2)cc1C. The van der Waals surface area contributed by atoms with E-state index >= 15 is 0 Å². The Morgan fingerprint density at radius 3 is 1.62 bits per heavy atom. The Bertz CT molecular complexity index is 2830. The number of methoxy groups -OCH3 is 2. The van der Waals surface area contributed by atoms with E-state index in [4.69, 9.17) is 13.9 Å². The number of hydrogen-bond acceptors (Lipinski definition) is 9. The number of rotatable bonds is 17. The quantitative estimate of drug-likeness (QED) is 0.0913. The van der Waals surface area contributed by atoms with E-state index in [-0.39, 0.29) is 40.9 Å². The van der Waals surface area contributed by atoms with Gasteiger partial charge in [-0.25, -0.2) is 4.98 Å². The van der Waals surface area contributed by atoms with Gasteiger partial charge in [-0.05, 0) is 235 Å². The van der Waals surface area contributed by atoms with Crippen LogP contribution >= 0.6 is 11.3 Å². The molecule has 0 atom stereocenters. The fourth-order valence-electron chi connectivity index (χ4n) is 12.9. The second-order valence-corrected chi connectivity index (χ2v) is 31.1. The number of anilines is 2. The maximum Gasteiger partial charge on any atom is 0.230 e. The van der Waals surface area contributed by atoms with Crippen molar-refractivity contribution in [3.8, 4) is 17.6 Å². The standard InChI is InChI=1S/C35H50N2O3Si.C33H42N2O3S/c1-25-21-30(17-20-33(25)39-5)28-13-11-26(12-14-28)24-37(31-10-8-9-27(22-31)23-36)34(38)29-15-18-32(19-16-29)40-41(6,7)35(2,3)4;1-23-20-28(13-16-31(23)38-2)26-9-6-25(7-10-26)22-35(33(37)27-11-14-30(36)15-12-27)29-5-3-4-24(21-29)8-17-32-34-18-19-39-32/h8-10,17,20-22,26,28-29,32H,11-16,18-19,24H2,1-7H3;3-5,13,16,18-21,25-27,30,36H,6-12,14-15,17,22H2,1-2H3. The van der Waals surface area contributed by atoms with Crippen LogP contribution in [0, 0.1) is 48.9 Å². The Labute approximate surface area is 484 Å². The molecule has 430 valence electrons. The number of carbonyl (C=O) groups is 2. The molecule has 5 aromatic rings. The Morgan fingerprint density at radius 1 is 0.662 bits per heavy atom. The van der Waals surface area contributed by atoms with Crippen LogP contribution in [0.4, 0.5) is 11.4 Å². The normalized spacial score (nSPS) is 23.4. The van der Waals surface area contributed by atoms with Crippen molar-refractivity contribution < 1.29 is 28.6 Å². The Kier molecular flexibility index (Phi) is 21.3. The first-order valence-electron chi connectivity index (χ1n) is 30.2. The summed E-state index contributed by atoms with van der Waals surface area (Å²) in [4.78, 5) is 36.6. The van der Waals surface area contributed by atoms with Crippen molar-refractivity contribution >= 4 is 42.8 Å². The van der Waals surface area contributed by atoms with Crippen molar-refractivity contribution in [2.45, 2.75) is 192 Å². The number of benzene rings is 4. The molecule has 10 nitrogen and oxygen atoms in total. The van der Waals surface area contributed by atoms with Gasteiger partial charge in [0.15, 0.2) is 8.32 Å². The van der Waals surface area contributed by atoms with E-state index in [0.29, 0.717) is 29.2 Å². The molecule has 4 aliphatic carbocycles. The fourth-order valence-corrected chi connectivity index (χ4v) is 14.9. The summed E-state index contributed by atoms with van der Waals surface area (Å²) in [5.41, 5.74) is 8.93. The molecule has 4 fully saturated rings. The van der Waals surface area contributed by atoms with Crippen LogP contribution in [0.1, 0.15) is 174 Å². The van der Waals surface area contributed by atoms with E-state index in [0.717, 1.165) is 157 Å². The largest absolute Gasteiger partial charge is 0.496 e. The molecule has 80 heavy (non-hydrogen) atoms. The van der Waals surface area contributed by atoms with Gasteiger partial charge in [-0.15, -0.1) is 11.3 Å². The Balaban J connectivity index is 0.000000210. The molecule has 9 rings (SSSR count). The van der Waals surface area contributed by atoms with Gasteiger partial charge in [-0.1, -0.05) is 63.2 Å². The van der Waals surface area contributed by atoms with Crippen LogP contribution in [0.3, 0.4) is 0 Å². The van der Waals surface area contributed by atoms with Crippen LogP contribution in [-0.4, -0.2) is 69.7 Å². The molecular formula is C68H92N4O6SSi. The summed E-state index contributed by atoms with van der Waals surface area (Å²) in [6.45, 7) is 17.2. The zero-order valence-electron chi connectivity index (χ0n) is 49.7. The molecule has 1 N–H and O–H groups in total. The lowest BCUT2D eigenvalue weighted by molar-refractivity contribution is -0.124. The molecule has 12 heteroatoms. The van der Waals surface area contributed by atoms with Gasteiger partial charge in [0, 0.05) is 60.4 Å². The molecule has 0 radical (unpaired) electrons. The number of aromatic nitrogens is 1. The highest BCUT2D eigenvalue weighted by Gasteiger charge is 2.41. The predicted octanol–water partition coefficient (Wildman–Crippen LogP) is 15.9. The molecule has 0 saturated heterocycles. The Hall–Kier alpha value is -5.32. The van der Waals surface area contributed by atoms with Gasteiger partial charge in [-0.3, -0.25) is 9.59 Å². The smallest absolute Gasteiger partial charge is 0.230 e. The summed E-state index contributed by atoms with van der Waals surface area (Å²) in [6.07, 6.45) is 19.4. The molecule has 0 unspecified atom stereocenters. The van der Waals surface area contributed by atoms with Crippen LogP contribution in [0.2, 0.25) is 18.1 Å². The first-order chi connectivity index (χ1) is 38.4. The number of hydrogen-bond donors (Lipinski definition) is 1. The van der Waals surface area contributed by atoms with Gasteiger partial charge >= 0.3 is 0 Å². The summed E-state index contributed by atoms with van der Waals surface area (Å²) < 4.78 is 17.6. The van der Waals surface area contributed by atoms with Gasteiger partial charge < -0.3 is 28.8 Å². The number of nitrogens with zero attached hydrogens (tertiary/aromatic N) is 4. The predicted molar refractivity (Wildman–Crippen MR) is 329 cm³/mol. The van der Waals surface area contributed by atoms with Crippen LogP contribution < -0.4 is 19.3 Å². The second-order valence-electron chi connectivity index (χ2n) is 25.4. The first-order valence-corrected chi connectivity index (χ1v) is 34.0. The minimum atomic E-state index is -1.83. The number of aliphatic hydroxyl groups is 1. The van der Waals surface area contributed by atoms with E-state index in [9.17, 15) is 20.0 Å². The lowest BCUT2D eigenvalue weighted by Crippen LogP contribution is -2.46. The Morgan fingerprint density at radius 2 is 1.16 bits per heavy atom. The van der Waals surface area contributed by atoms with E-state index in [1.165, 1.54) is 27.8 Å². The molecule has 0 bridgehead atoms. The summed E-state index contributed by atoms with van der Waals surface area (Å²) in [7, 11) is 1.63. The van der Waals surface area contributed by atoms with E-state index in [2.05, 4.69) is 124 Å². The highest BCUT2D eigenvalue weighted by molar-refractivity contribution is 7.09. The zero-order chi connectivity index (χ0) is 57.0. The van der Waals surface area contributed by atoms with Crippen molar-refractivity contribution in [1.29, 1.82) is 5.26 Å². The molecule has 1 aromatic heterocycles. The van der Waals surface area contributed by atoms with Gasteiger partial charge in [0.2, 0.25) is 11.8 Å². The van der Waals surface area contributed by atoms with Gasteiger partial charge in [0.1, 0.15) is 11.5 Å². The molecule has 4 aromatic carbocycles. The summed E-state index contributed by atoms with van der Waals surface area (Å²) >= 11 is 1.70. The topological polar surface area (TPSA) is 125 Å². The van der Waals surface area contributed by atoms with Crippen molar-refractivity contribution in [3.63, 3.8) is 0 Å². The number of amides is 2. The zero-order valence-corrected chi connectivity index (χ0v) is 51.5. The minimum Gasteiger partial charge on any atom is -0.496 e. The number of aliphatic hydroxyl groups excluding tert-OH is 1. The van der Waals surface area contributed by atoms with Crippen molar-refractivity contribution in [2.75, 3.05) is 37.1 Å². The van der Waals surface area contributed by atoms with Gasteiger partial charge in [0.25, 0.3) is 0 Å². The third-order valence-corrected chi connectivity index (χ3v) is 24.2. The lowest BCUT2D eigenvalue weighted by atomic mass is 9.78. The van der Waals surface area contributed by atoms with E-state index in [1.807, 2.05) is 40.7 Å². The summed E-state index contributed by atoms with van der Waals surface area (Å²) in [5, 5.41) is 22.9. The molecule has 4 saturated carbocycles. The molecule has 1 heterocycles. The number of ether oxygens (including phenoxy) is 2.